The van der Waals surface area contributed by atoms with Crippen LogP contribution in [0.3, 0.4) is 0 Å². The van der Waals surface area contributed by atoms with Crippen molar-refractivity contribution < 1.29 is 0 Å². The molecule has 0 bridgehead atoms. The summed E-state index contributed by atoms with van der Waals surface area (Å²) in [5.41, 5.74) is 13.9. The van der Waals surface area contributed by atoms with Crippen molar-refractivity contribution in [1.82, 2.24) is 19.9 Å². The van der Waals surface area contributed by atoms with Crippen LogP contribution in [0.4, 0.5) is 0 Å². The van der Waals surface area contributed by atoms with Gasteiger partial charge in [-0.15, -0.1) is 0 Å². The first-order chi connectivity index (χ1) is 37.0. The SMILES string of the molecule is CC1C=C(c2cnc3ccccc3c2)C=CC1c1nc(-c2ccc(-c3cnc4ccccc4c3)cc2)nc2c(-c3ccc4ccc5cccc6ccc3c4c56)cc(-c3ccc4ccc5cccc6ccc3c4c56)cc12. The summed E-state index contributed by atoms with van der Waals surface area (Å²) in [6.07, 6.45) is 11.0. The van der Waals surface area contributed by atoms with E-state index in [9.17, 15) is 0 Å². The average molecular weight is 953 g/mol. The fourth-order valence-electron chi connectivity index (χ4n) is 12.6. The van der Waals surface area contributed by atoms with Crippen LogP contribution < -0.4 is 0 Å². The standard InChI is InChI=1S/C71H44N4/c1-41-34-50(55-36-52-9-3-5-15-64(52)73-40-55)28-29-56(41)69-62-38-53(57-30-24-47-20-18-43-10-6-12-45-26-32-59(57)67(47)65(43)45)37-61(58-31-25-48-21-19-44-11-7-13-46-27-33-60(58)68(48)66(44)46)70(62)75-71(74-69)49-22-16-42(17-23-49)54-35-51-8-2-4-14-63(51)72-39-54/h2-41,56H,1H3. The van der Waals surface area contributed by atoms with E-state index in [1.165, 1.54) is 70.2 Å². The van der Waals surface area contributed by atoms with Crippen molar-refractivity contribution >= 4 is 103 Å². The van der Waals surface area contributed by atoms with E-state index in [-0.39, 0.29) is 11.8 Å². The second-order valence-corrected chi connectivity index (χ2v) is 20.6. The highest BCUT2D eigenvalue weighted by atomic mass is 14.9. The van der Waals surface area contributed by atoms with Crippen LogP contribution in [0.15, 0.2) is 237 Å². The van der Waals surface area contributed by atoms with Gasteiger partial charge in [0.05, 0.1) is 22.2 Å². The molecule has 2 unspecified atom stereocenters. The summed E-state index contributed by atoms with van der Waals surface area (Å²) in [5, 5.41) is 18.4. The van der Waals surface area contributed by atoms with Crippen molar-refractivity contribution in [2.75, 3.05) is 0 Å². The normalized spacial score (nSPS) is 15.0. The zero-order valence-electron chi connectivity index (χ0n) is 41.0. The second kappa shape index (κ2) is 16.2. The van der Waals surface area contributed by atoms with Gasteiger partial charge in [-0.1, -0.05) is 195 Å². The van der Waals surface area contributed by atoms with E-state index in [0.29, 0.717) is 5.82 Å². The predicted molar refractivity (Wildman–Crippen MR) is 315 cm³/mol. The lowest BCUT2D eigenvalue weighted by Crippen LogP contribution is -2.13. The zero-order chi connectivity index (χ0) is 49.3. The van der Waals surface area contributed by atoms with Gasteiger partial charge >= 0.3 is 0 Å². The summed E-state index contributed by atoms with van der Waals surface area (Å²) in [6, 6.07) is 75.5. The van der Waals surface area contributed by atoms with Gasteiger partial charge < -0.3 is 0 Å². The highest BCUT2D eigenvalue weighted by Crippen LogP contribution is 2.47. The summed E-state index contributed by atoms with van der Waals surface area (Å²) in [5.74, 6) is 0.741. The van der Waals surface area contributed by atoms with Gasteiger partial charge in [-0.2, -0.15) is 0 Å². The lowest BCUT2D eigenvalue weighted by Gasteiger charge is -2.26. The van der Waals surface area contributed by atoms with Crippen molar-refractivity contribution in [1.29, 1.82) is 0 Å². The van der Waals surface area contributed by atoms with Crippen LogP contribution in [0.5, 0.6) is 0 Å². The van der Waals surface area contributed by atoms with Crippen molar-refractivity contribution in [2.45, 2.75) is 12.8 Å². The highest BCUT2D eigenvalue weighted by Gasteiger charge is 2.27. The van der Waals surface area contributed by atoms with E-state index in [1.807, 2.05) is 24.5 Å². The first-order valence-electron chi connectivity index (χ1n) is 25.9. The van der Waals surface area contributed by atoms with Gasteiger partial charge in [0.25, 0.3) is 0 Å². The Morgan fingerprint density at radius 2 is 0.880 bits per heavy atom. The number of hydrogen-bond donors (Lipinski definition) is 0. The third kappa shape index (κ3) is 6.56. The summed E-state index contributed by atoms with van der Waals surface area (Å²) >= 11 is 0. The third-order valence-corrected chi connectivity index (χ3v) is 16.3. The number of nitrogens with zero attached hydrogens (tertiary/aromatic N) is 4. The molecule has 0 saturated carbocycles. The fraction of sp³-hybridized carbons (Fsp3) is 0.0423. The number of benzene rings is 12. The monoisotopic (exact) mass is 952 g/mol. The molecule has 3 aromatic heterocycles. The van der Waals surface area contributed by atoms with Crippen LogP contribution in [0, 0.1) is 5.92 Å². The van der Waals surface area contributed by atoms with Gasteiger partial charge in [-0.05, 0) is 135 Å². The van der Waals surface area contributed by atoms with Crippen LogP contribution in [0.2, 0.25) is 0 Å². The number of allylic oxidation sites excluding steroid dienone is 4. The molecule has 75 heavy (non-hydrogen) atoms. The number of rotatable bonds is 6. The molecular weight excluding hydrogens is 909 g/mol. The lowest BCUT2D eigenvalue weighted by molar-refractivity contribution is 0.626. The number of fused-ring (bicyclic) bond motifs is 3. The van der Waals surface area contributed by atoms with Gasteiger partial charge in [0, 0.05) is 56.7 Å². The van der Waals surface area contributed by atoms with E-state index >= 15 is 0 Å². The first-order valence-corrected chi connectivity index (χ1v) is 25.9. The Kier molecular flexibility index (Phi) is 9.05. The molecular formula is C71H44N4. The van der Waals surface area contributed by atoms with E-state index in [0.717, 1.165) is 82.9 Å². The molecule has 15 aromatic rings. The lowest BCUT2D eigenvalue weighted by atomic mass is 9.81. The van der Waals surface area contributed by atoms with Gasteiger partial charge in [0.15, 0.2) is 5.82 Å². The Morgan fingerprint density at radius 3 is 1.52 bits per heavy atom. The van der Waals surface area contributed by atoms with Gasteiger partial charge in [-0.25, -0.2) is 9.97 Å². The Morgan fingerprint density at radius 1 is 0.360 bits per heavy atom. The number of para-hydroxylation sites is 2. The molecule has 0 aliphatic heterocycles. The number of hydrogen-bond acceptors (Lipinski definition) is 4. The van der Waals surface area contributed by atoms with E-state index in [2.05, 4.69) is 219 Å². The minimum atomic E-state index is -0.0554. The topological polar surface area (TPSA) is 51.6 Å². The summed E-state index contributed by atoms with van der Waals surface area (Å²) in [6.45, 7) is 2.33. The van der Waals surface area contributed by atoms with Crippen LogP contribution in [0.25, 0.3) is 148 Å². The molecule has 16 rings (SSSR count). The Balaban J connectivity index is 0.958. The maximum atomic E-state index is 5.74. The van der Waals surface area contributed by atoms with Crippen molar-refractivity contribution in [3.8, 4) is 44.8 Å². The van der Waals surface area contributed by atoms with Crippen LogP contribution in [-0.4, -0.2) is 19.9 Å². The quantitative estimate of drug-likeness (QED) is 0.156. The minimum absolute atomic E-state index is 0.0554. The number of pyridine rings is 2. The molecule has 0 saturated heterocycles. The molecule has 12 aromatic carbocycles. The second-order valence-electron chi connectivity index (χ2n) is 20.6. The maximum Gasteiger partial charge on any atom is 0.160 e. The molecule has 0 radical (unpaired) electrons. The molecule has 4 nitrogen and oxygen atoms in total. The van der Waals surface area contributed by atoms with Gasteiger partial charge in [0.2, 0.25) is 0 Å². The molecule has 0 N–H and O–H groups in total. The molecule has 0 fully saturated rings. The van der Waals surface area contributed by atoms with Crippen LogP contribution >= 0.6 is 0 Å². The minimum Gasteiger partial charge on any atom is -0.256 e. The average Bonchev–Trinajstić information content (AvgIpc) is 3.50. The smallest absolute Gasteiger partial charge is 0.160 e. The summed E-state index contributed by atoms with van der Waals surface area (Å²) in [7, 11) is 0. The summed E-state index contributed by atoms with van der Waals surface area (Å²) in [4.78, 5) is 21.1. The Labute approximate surface area is 432 Å². The molecule has 3 heterocycles. The van der Waals surface area contributed by atoms with Crippen molar-refractivity contribution in [3.63, 3.8) is 0 Å². The van der Waals surface area contributed by atoms with Gasteiger partial charge in [-0.3, -0.25) is 9.97 Å². The molecule has 1 aliphatic rings. The van der Waals surface area contributed by atoms with E-state index < -0.39 is 0 Å². The fourth-order valence-corrected chi connectivity index (χ4v) is 12.6. The molecule has 4 heteroatoms. The Bertz CT molecular complexity index is 4880. The molecule has 2 atom stereocenters. The molecule has 0 amide bonds. The van der Waals surface area contributed by atoms with Gasteiger partial charge in [0.1, 0.15) is 0 Å². The van der Waals surface area contributed by atoms with E-state index in [1.54, 1.807) is 0 Å². The Hall–Kier alpha value is -9.64. The number of aromatic nitrogens is 4. The zero-order valence-corrected chi connectivity index (χ0v) is 41.0. The highest BCUT2D eigenvalue weighted by molar-refractivity contribution is 6.28. The predicted octanol–water partition coefficient (Wildman–Crippen LogP) is 18.6. The largest absolute Gasteiger partial charge is 0.256 e. The third-order valence-electron chi connectivity index (χ3n) is 16.3. The van der Waals surface area contributed by atoms with Crippen LogP contribution in [-0.2, 0) is 0 Å². The van der Waals surface area contributed by atoms with Crippen LogP contribution in [0.1, 0.15) is 24.1 Å². The maximum absolute atomic E-state index is 5.74. The van der Waals surface area contributed by atoms with Crippen molar-refractivity contribution in [3.05, 3.63) is 248 Å². The molecule has 0 spiro atoms. The molecule has 348 valence electrons. The molecule has 1 aliphatic carbocycles. The summed E-state index contributed by atoms with van der Waals surface area (Å²) < 4.78 is 0. The van der Waals surface area contributed by atoms with E-state index in [4.69, 9.17) is 19.9 Å². The first kappa shape index (κ1) is 41.9. The van der Waals surface area contributed by atoms with Crippen molar-refractivity contribution in [2.24, 2.45) is 5.92 Å².